The summed E-state index contributed by atoms with van der Waals surface area (Å²) in [4.78, 5) is 16.4. The van der Waals surface area contributed by atoms with Crippen molar-refractivity contribution in [3.8, 4) is 22.7 Å². The van der Waals surface area contributed by atoms with Crippen LogP contribution in [-0.4, -0.2) is 19.6 Å². The first-order chi connectivity index (χ1) is 13.5. The molecule has 0 amide bonds. The van der Waals surface area contributed by atoms with Crippen LogP contribution in [0.3, 0.4) is 0 Å². The number of nitrogens with zero attached hydrogens (tertiary/aromatic N) is 3. The van der Waals surface area contributed by atoms with Crippen molar-refractivity contribution < 1.29 is 4.74 Å². The van der Waals surface area contributed by atoms with Gasteiger partial charge in [-0.05, 0) is 61.4 Å². The predicted molar refractivity (Wildman–Crippen MR) is 109 cm³/mol. The number of rotatable bonds is 5. The Morgan fingerprint density at radius 1 is 1.07 bits per heavy atom. The zero-order chi connectivity index (χ0) is 19.7. The predicted octanol–water partition coefficient (Wildman–Crippen LogP) is 3.76. The Labute approximate surface area is 163 Å². The fraction of sp³-hybridized carbons (Fsp3) is 0.182. The summed E-state index contributed by atoms with van der Waals surface area (Å²) >= 11 is 0. The van der Waals surface area contributed by atoms with E-state index in [9.17, 15) is 4.79 Å². The summed E-state index contributed by atoms with van der Waals surface area (Å²) in [7, 11) is 1.69. The van der Waals surface area contributed by atoms with E-state index >= 15 is 0 Å². The van der Waals surface area contributed by atoms with E-state index in [1.165, 1.54) is 14.9 Å². The van der Waals surface area contributed by atoms with Crippen LogP contribution in [-0.2, 0) is 13.7 Å². The van der Waals surface area contributed by atoms with Crippen LogP contribution in [0.2, 0.25) is 0 Å². The minimum atomic E-state index is -0.0985. The molecule has 0 spiro atoms. The quantitative estimate of drug-likeness (QED) is 0.578. The summed E-state index contributed by atoms with van der Waals surface area (Å²) in [6.45, 7) is 4.45. The molecule has 6 heteroatoms. The summed E-state index contributed by atoms with van der Waals surface area (Å²) in [6, 6.07) is 17.8. The van der Waals surface area contributed by atoms with Crippen molar-refractivity contribution in [1.82, 2.24) is 19.6 Å². The molecule has 2 aromatic carbocycles. The Balaban J connectivity index is 1.55. The number of hydrogen-bond acceptors (Lipinski definition) is 3. The van der Waals surface area contributed by atoms with Crippen LogP contribution in [0.15, 0.2) is 65.6 Å². The zero-order valence-corrected chi connectivity index (χ0v) is 16.1. The van der Waals surface area contributed by atoms with Crippen molar-refractivity contribution in [2.45, 2.75) is 20.5 Å². The minimum Gasteiger partial charge on any atom is -0.489 e. The summed E-state index contributed by atoms with van der Waals surface area (Å²) in [6.07, 6.45) is 1.82. The maximum atomic E-state index is 12.0. The number of hydrogen-bond donors (Lipinski definition) is 1. The third-order valence-corrected chi connectivity index (χ3v) is 4.73. The van der Waals surface area contributed by atoms with Gasteiger partial charge in [-0.25, -0.2) is 14.7 Å². The lowest BCUT2D eigenvalue weighted by Gasteiger charge is -2.17. The van der Waals surface area contributed by atoms with E-state index in [-0.39, 0.29) is 5.69 Å². The standard InChI is InChI=1S/C22H22N4O2/c1-15-10-11-23-19(12-15)17-8-9-21(16(2)13-17)28-14-18-6-4-5-7-20(18)26-22(27)25(3)24-26/h4-13,24H,14H2,1-3H3. The van der Waals surface area contributed by atoms with Gasteiger partial charge in [0.2, 0.25) is 0 Å². The normalized spacial score (nSPS) is 11.0. The molecule has 1 N–H and O–H groups in total. The van der Waals surface area contributed by atoms with E-state index in [2.05, 4.69) is 29.3 Å². The van der Waals surface area contributed by atoms with Crippen molar-refractivity contribution >= 4 is 0 Å². The van der Waals surface area contributed by atoms with Crippen molar-refractivity contribution in [1.29, 1.82) is 0 Å². The second-order valence-corrected chi connectivity index (χ2v) is 6.89. The fourth-order valence-corrected chi connectivity index (χ4v) is 3.17. The van der Waals surface area contributed by atoms with E-state index in [0.29, 0.717) is 6.61 Å². The average molecular weight is 374 g/mol. The second-order valence-electron chi connectivity index (χ2n) is 6.89. The molecule has 0 atom stereocenters. The molecule has 0 radical (unpaired) electrons. The third-order valence-electron chi connectivity index (χ3n) is 4.73. The molecule has 0 fully saturated rings. The maximum Gasteiger partial charge on any atom is 0.364 e. The number of para-hydroxylation sites is 1. The number of ether oxygens (including phenoxy) is 1. The van der Waals surface area contributed by atoms with Crippen LogP contribution in [0.4, 0.5) is 0 Å². The highest BCUT2D eigenvalue weighted by Gasteiger charge is 2.12. The van der Waals surface area contributed by atoms with E-state index in [1.807, 2.05) is 55.6 Å². The number of aryl methyl sites for hydroxylation is 3. The van der Waals surface area contributed by atoms with Gasteiger partial charge in [0.25, 0.3) is 0 Å². The maximum absolute atomic E-state index is 12.0. The highest BCUT2D eigenvalue weighted by atomic mass is 16.5. The smallest absolute Gasteiger partial charge is 0.364 e. The molecule has 0 aliphatic heterocycles. The molecule has 142 valence electrons. The first-order valence-corrected chi connectivity index (χ1v) is 9.11. The lowest BCUT2D eigenvalue weighted by Crippen LogP contribution is -2.40. The Kier molecular flexibility index (Phi) is 4.61. The number of pyridine rings is 1. The van der Waals surface area contributed by atoms with E-state index in [4.69, 9.17) is 4.74 Å². The first kappa shape index (κ1) is 17.9. The SMILES string of the molecule is Cc1ccnc(-c2ccc(OCc3ccccc3-n3[nH]n(C)c3=O)c(C)c2)c1. The lowest BCUT2D eigenvalue weighted by atomic mass is 10.1. The molecule has 0 saturated carbocycles. The highest BCUT2D eigenvalue weighted by molar-refractivity contribution is 5.62. The molecule has 4 aromatic rings. The first-order valence-electron chi connectivity index (χ1n) is 9.11. The van der Waals surface area contributed by atoms with Gasteiger partial charge in [-0.2, -0.15) is 4.68 Å². The molecule has 28 heavy (non-hydrogen) atoms. The van der Waals surface area contributed by atoms with E-state index in [0.717, 1.165) is 33.8 Å². The second kappa shape index (κ2) is 7.23. The minimum absolute atomic E-state index is 0.0985. The topological polar surface area (TPSA) is 64.8 Å². The van der Waals surface area contributed by atoms with E-state index in [1.54, 1.807) is 7.05 Å². The van der Waals surface area contributed by atoms with Gasteiger partial charge in [0.1, 0.15) is 12.4 Å². The molecular weight excluding hydrogens is 352 g/mol. The van der Waals surface area contributed by atoms with Gasteiger partial charge in [-0.15, -0.1) is 0 Å². The van der Waals surface area contributed by atoms with Crippen LogP contribution in [0.1, 0.15) is 16.7 Å². The largest absolute Gasteiger partial charge is 0.489 e. The van der Waals surface area contributed by atoms with Crippen LogP contribution < -0.4 is 10.4 Å². The van der Waals surface area contributed by atoms with Gasteiger partial charge in [-0.1, -0.05) is 18.2 Å². The van der Waals surface area contributed by atoms with Crippen LogP contribution in [0, 0.1) is 13.8 Å². The average Bonchev–Trinajstić information content (AvgIpc) is 2.71. The molecule has 0 aliphatic rings. The Bertz CT molecular complexity index is 1180. The molecular formula is C22H22N4O2. The molecule has 2 aromatic heterocycles. The van der Waals surface area contributed by atoms with Gasteiger partial charge < -0.3 is 4.74 Å². The summed E-state index contributed by atoms with van der Waals surface area (Å²) < 4.78 is 9.00. The number of nitrogens with one attached hydrogen (secondary N) is 1. The number of aromatic amines is 1. The molecule has 0 bridgehead atoms. The number of aromatic nitrogens is 4. The Morgan fingerprint density at radius 2 is 1.89 bits per heavy atom. The van der Waals surface area contributed by atoms with Crippen LogP contribution in [0.25, 0.3) is 16.9 Å². The fourth-order valence-electron chi connectivity index (χ4n) is 3.17. The van der Waals surface area contributed by atoms with Gasteiger partial charge in [0.15, 0.2) is 0 Å². The van der Waals surface area contributed by atoms with Crippen LogP contribution >= 0.6 is 0 Å². The zero-order valence-electron chi connectivity index (χ0n) is 16.1. The van der Waals surface area contributed by atoms with Crippen molar-refractivity contribution in [3.63, 3.8) is 0 Å². The molecule has 0 saturated heterocycles. The van der Waals surface area contributed by atoms with Gasteiger partial charge in [-0.3, -0.25) is 4.98 Å². The number of benzene rings is 2. The summed E-state index contributed by atoms with van der Waals surface area (Å²) in [5.41, 5.74) is 5.86. The highest BCUT2D eigenvalue weighted by Crippen LogP contribution is 2.26. The third kappa shape index (κ3) is 3.36. The Morgan fingerprint density at radius 3 is 2.61 bits per heavy atom. The van der Waals surface area contributed by atoms with E-state index < -0.39 is 0 Å². The molecule has 2 heterocycles. The van der Waals surface area contributed by atoms with Gasteiger partial charge >= 0.3 is 5.69 Å². The van der Waals surface area contributed by atoms with Crippen molar-refractivity contribution in [2.24, 2.45) is 7.05 Å². The molecule has 0 aliphatic carbocycles. The molecule has 6 nitrogen and oxygen atoms in total. The lowest BCUT2D eigenvalue weighted by molar-refractivity contribution is 0.302. The summed E-state index contributed by atoms with van der Waals surface area (Å²) in [5.74, 6) is 0.811. The Hall–Kier alpha value is -3.54. The van der Waals surface area contributed by atoms with Crippen LogP contribution in [0.5, 0.6) is 5.75 Å². The van der Waals surface area contributed by atoms with Crippen molar-refractivity contribution in [2.75, 3.05) is 0 Å². The van der Waals surface area contributed by atoms with Crippen molar-refractivity contribution in [3.05, 3.63) is 88.0 Å². The summed E-state index contributed by atoms with van der Waals surface area (Å²) in [5, 5.41) is 2.94. The number of H-pyrrole nitrogens is 1. The molecule has 0 unspecified atom stereocenters. The van der Waals surface area contributed by atoms with Gasteiger partial charge in [0, 0.05) is 24.4 Å². The van der Waals surface area contributed by atoms with Gasteiger partial charge in [0.05, 0.1) is 11.4 Å². The monoisotopic (exact) mass is 374 g/mol. The molecule has 4 rings (SSSR count).